The van der Waals surface area contributed by atoms with Crippen molar-refractivity contribution in [2.75, 3.05) is 20.2 Å². The molecule has 3 rings (SSSR count). The minimum atomic E-state index is -0.782. The van der Waals surface area contributed by atoms with E-state index in [9.17, 15) is 9.90 Å². The van der Waals surface area contributed by atoms with Gasteiger partial charge in [0.05, 0.1) is 18.2 Å². The normalized spacial score (nSPS) is 16.0. The molecule has 1 heterocycles. The lowest BCUT2D eigenvalue weighted by molar-refractivity contribution is -0.152. The number of aryl methyl sites for hydroxylation is 1. The molecule has 1 N–H and O–H groups in total. The maximum atomic E-state index is 12.1. The second-order valence-corrected chi connectivity index (χ2v) is 8.38. The summed E-state index contributed by atoms with van der Waals surface area (Å²) in [4.78, 5) is 14.3. The van der Waals surface area contributed by atoms with Crippen LogP contribution in [0, 0.1) is 5.92 Å². The van der Waals surface area contributed by atoms with Crippen molar-refractivity contribution in [1.29, 1.82) is 0 Å². The Balaban J connectivity index is 1.34. The van der Waals surface area contributed by atoms with Crippen molar-refractivity contribution in [3.8, 4) is 0 Å². The van der Waals surface area contributed by atoms with E-state index in [-0.39, 0.29) is 25.0 Å². The third kappa shape index (κ3) is 7.54. The Morgan fingerprint density at radius 3 is 2.80 bits per heavy atom. The zero-order valence-electron chi connectivity index (χ0n) is 17.9. The van der Waals surface area contributed by atoms with E-state index in [1.165, 1.54) is 12.0 Å². The molecule has 1 aliphatic carbocycles. The highest BCUT2D eigenvalue weighted by Crippen LogP contribution is 2.24. The molecule has 164 valence electrons. The minimum Gasteiger partial charge on any atom is -0.463 e. The summed E-state index contributed by atoms with van der Waals surface area (Å²) in [7, 11) is 2.07. The molecular formula is C23H34N4O3. The number of carbonyl (C=O) groups excluding carboxylic acids is 1. The number of rotatable bonds is 11. The van der Waals surface area contributed by atoms with Crippen LogP contribution in [0.4, 0.5) is 0 Å². The number of carbonyl (C=O) groups is 1. The van der Waals surface area contributed by atoms with Crippen LogP contribution in [0.2, 0.25) is 0 Å². The van der Waals surface area contributed by atoms with Gasteiger partial charge in [0, 0.05) is 12.7 Å². The van der Waals surface area contributed by atoms with Gasteiger partial charge in [-0.05, 0) is 44.8 Å². The summed E-state index contributed by atoms with van der Waals surface area (Å²) in [5.74, 6) is -0.175. The fraction of sp³-hybridized carbons (Fsp3) is 0.609. The van der Waals surface area contributed by atoms with E-state index in [0.717, 1.165) is 50.8 Å². The molecule has 0 spiro atoms. The Morgan fingerprint density at radius 1 is 1.27 bits per heavy atom. The zero-order valence-corrected chi connectivity index (χ0v) is 17.9. The van der Waals surface area contributed by atoms with Crippen LogP contribution in [-0.4, -0.2) is 57.3 Å². The number of ether oxygens (including phenoxy) is 1. The predicted molar refractivity (Wildman–Crippen MR) is 115 cm³/mol. The lowest BCUT2D eigenvalue weighted by Gasteiger charge is -2.20. The zero-order chi connectivity index (χ0) is 21.2. The summed E-state index contributed by atoms with van der Waals surface area (Å²) in [6.45, 7) is 1.95. The predicted octanol–water partition coefficient (Wildman–Crippen LogP) is 2.83. The highest BCUT2D eigenvalue weighted by molar-refractivity contribution is 5.72. The molecule has 1 aromatic heterocycles. The number of hydrogen-bond donors (Lipinski definition) is 1. The van der Waals surface area contributed by atoms with Crippen LogP contribution < -0.4 is 0 Å². The van der Waals surface area contributed by atoms with Gasteiger partial charge in [0.2, 0.25) is 0 Å². The topological polar surface area (TPSA) is 80.5 Å². The summed E-state index contributed by atoms with van der Waals surface area (Å²) >= 11 is 0. The number of aliphatic hydroxyl groups excluding tert-OH is 1. The van der Waals surface area contributed by atoms with Crippen molar-refractivity contribution < 1.29 is 14.6 Å². The first-order valence-electron chi connectivity index (χ1n) is 11.1. The molecule has 0 saturated heterocycles. The Kier molecular flexibility index (Phi) is 8.83. The molecule has 1 unspecified atom stereocenters. The van der Waals surface area contributed by atoms with Crippen molar-refractivity contribution in [2.45, 2.75) is 64.1 Å². The SMILES string of the molecule is CN(CCCc1ccccc1)Cc1cn(CC(O)COC(=O)C2CCCCC2)nn1. The van der Waals surface area contributed by atoms with E-state index in [1.807, 2.05) is 12.3 Å². The molecule has 1 atom stereocenters. The average Bonchev–Trinajstić information content (AvgIpc) is 3.19. The number of esters is 1. The molecule has 2 aromatic rings. The van der Waals surface area contributed by atoms with Gasteiger partial charge in [-0.25, -0.2) is 4.68 Å². The van der Waals surface area contributed by atoms with Crippen LogP contribution in [0.1, 0.15) is 49.8 Å². The number of hydrogen-bond acceptors (Lipinski definition) is 6. The molecule has 1 fully saturated rings. The van der Waals surface area contributed by atoms with Crippen LogP contribution in [0.5, 0.6) is 0 Å². The number of nitrogens with zero attached hydrogens (tertiary/aromatic N) is 4. The fourth-order valence-electron chi connectivity index (χ4n) is 3.96. The van der Waals surface area contributed by atoms with E-state index < -0.39 is 6.10 Å². The lowest BCUT2D eigenvalue weighted by Crippen LogP contribution is -2.27. The van der Waals surface area contributed by atoms with Gasteiger partial charge in [0.1, 0.15) is 12.7 Å². The van der Waals surface area contributed by atoms with E-state index >= 15 is 0 Å². The molecule has 0 amide bonds. The summed E-state index contributed by atoms with van der Waals surface area (Å²) in [6.07, 6.45) is 8.39. The fourth-order valence-corrected chi connectivity index (χ4v) is 3.96. The Morgan fingerprint density at radius 2 is 2.03 bits per heavy atom. The largest absolute Gasteiger partial charge is 0.463 e. The Hall–Kier alpha value is -2.25. The van der Waals surface area contributed by atoms with Gasteiger partial charge in [0.25, 0.3) is 0 Å². The molecule has 1 aliphatic rings. The van der Waals surface area contributed by atoms with Crippen molar-refractivity contribution in [2.24, 2.45) is 5.92 Å². The summed E-state index contributed by atoms with van der Waals surface area (Å²) in [5, 5.41) is 18.5. The number of aromatic nitrogens is 3. The molecule has 1 aromatic carbocycles. The van der Waals surface area contributed by atoms with E-state index in [1.54, 1.807) is 4.68 Å². The van der Waals surface area contributed by atoms with Crippen LogP contribution >= 0.6 is 0 Å². The van der Waals surface area contributed by atoms with Crippen LogP contribution in [0.15, 0.2) is 36.5 Å². The molecule has 7 nitrogen and oxygen atoms in total. The third-order valence-corrected chi connectivity index (χ3v) is 5.62. The maximum absolute atomic E-state index is 12.1. The first-order valence-corrected chi connectivity index (χ1v) is 11.1. The van der Waals surface area contributed by atoms with Gasteiger partial charge < -0.3 is 14.7 Å². The molecule has 1 saturated carbocycles. The second-order valence-electron chi connectivity index (χ2n) is 8.38. The van der Waals surface area contributed by atoms with E-state index in [4.69, 9.17) is 4.74 Å². The number of aliphatic hydroxyl groups is 1. The minimum absolute atomic E-state index is 0.00125. The Bertz CT molecular complexity index is 759. The van der Waals surface area contributed by atoms with Gasteiger partial charge in [-0.1, -0.05) is 54.8 Å². The van der Waals surface area contributed by atoms with Crippen LogP contribution in [0.25, 0.3) is 0 Å². The van der Waals surface area contributed by atoms with Gasteiger partial charge in [-0.15, -0.1) is 5.10 Å². The monoisotopic (exact) mass is 414 g/mol. The maximum Gasteiger partial charge on any atom is 0.309 e. The smallest absolute Gasteiger partial charge is 0.309 e. The highest BCUT2D eigenvalue weighted by atomic mass is 16.5. The second kappa shape index (κ2) is 11.8. The number of benzene rings is 1. The molecule has 0 bridgehead atoms. The molecule has 0 aliphatic heterocycles. The van der Waals surface area contributed by atoms with Crippen LogP contribution in [-0.2, 0) is 29.0 Å². The summed E-state index contributed by atoms with van der Waals surface area (Å²) in [6, 6.07) is 10.5. The molecule has 30 heavy (non-hydrogen) atoms. The van der Waals surface area contributed by atoms with Crippen molar-refractivity contribution >= 4 is 5.97 Å². The molecule has 7 heteroatoms. The first kappa shape index (κ1) is 22.4. The van der Waals surface area contributed by atoms with E-state index in [0.29, 0.717) is 6.54 Å². The van der Waals surface area contributed by atoms with Crippen LogP contribution in [0.3, 0.4) is 0 Å². The van der Waals surface area contributed by atoms with Crippen molar-refractivity contribution in [1.82, 2.24) is 19.9 Å². The van der Waals surface area contributed by atoms with Gasteiger partial charge >= 0.3 is 5.97 Å². The average molecular weight is 415 g/mol. The Labute approximate surface area is 179 Å². The third-order valence-electron chi connectivity index (χ3n) is 5.62. The lowest BCUT2D eigenvalue weighted by atomic mass is 9.89. The molecular weight excluding hydrogens is 380 g/mol. The van der Waals surface area contributed by atoms with Crippen molar-refractivity contribution in [3.05, 3.63) is 47.8 Å². The standard InChI is InChI=1S/C23H34N4O3/c1-26(14-8-11-19-9-4-2-5-10-19)15-21-16-27(25-24-21)17-22(28)18-30-23(29)20-12-6-3-7-13-20/h2,4-5,9-10,16,20,22,28H,3,6-8,11-15,17-18H2,1H3. The first-order chi connectivity index (χ1) is 14.6. The summed E-state index contributed by atoms with van der Waals surface area (Å²) < 4.78 is 6.93. The van der Waals surface area contributed by atoms with E-state index in [2.05, 4.69) is 46.5 Å². The highest BCUT2D eigenvalue weighted by Gasteiger charge is 2.23. The quantitative estimate of drug-likeness (QED) is 0.570. The van der Waals surface area contributed by atoms with Gasteiger partial charge in [-0.3, -0.25) is 4.79 Å². The van der Waals surface area contributed by atoms with Gasteiger partial charge in [0.15, 0.2) is 0 Å². The van der Waals surface area contributed by atoms with Crippen molar-refractivity contribution in [3.63, 3.8) is 0 Å². The van der Waals surface area contributed by atoms with Gasteiger partial charge in [-0.2, -0.15) is 0 Å². The summed E-state index contributed by atoms with van der Waals surface area (Å²) in [5.41, 5.74) is 2.22. The molecule has 0 radical (unpaired) electrons.